The normalized spacial score (nSPS) is 18.0. The van der Waals surface area contributed by atoms with Gasteiger partial charge in [-0.05, 0) is 209 Å². The Bertz CT molecular complexity index is 6580. The van der Waals surface area contributed by atoms with Crippen molar-refractivity contribution in [1.29, 1.82) is 0 Å². The highest BCUT2D eigenvalue weighted by Gasteiger charge is 2.36. The molecule has 15 rings (SSSR count). The maximum absolute atomic E-state index is 15.5. The zero-order valence-corrected chi connectivity index (χ0v) is 85.7. The van der Waals surface area contributed by atoms with Gasteiger partial charge in [-0.2, -0.15) is 10.1 Å². The number of hydrogen-bond acceptors (Lipinski definition) is 31. The van der Waals surface area contributed by atoms with E-state index in [1.165, 1.54) is 134 Å². The number of aromatic carboxylic acids is 2. The number of aliphatic hydroxyl groups is 3. The number of hydroxylamine groups is 4. The predicted octanol–water partition coefficient (Wildman–Crippen LogP) is 19.7. The van der Waals surface area contributed by atoms with E-state index < -0.39 is 129 Å². The summed E-state index contributed by atoms with van der Waals surface area (Å²) in [6.07, 6.45) is 0.135. The molecule has 50 heteroatoms. The molecule has 9 aromatic carbocycles. The molecule has 3 fully saturated rings. The Morgan fingerprint density at radius 2 is 0.837 bits per heavy atom. The van der Waals surface area contributed by atoms with E-state index in [9.17, 15) is 85.5 Å². The Morgan fingerprint density at radius 1 is 0.490 bits per heavy atom. The lowest BCUT2D eigenvalue weighted by molar-refractivity contribution is -0.388. The number of benzene rings is 9. The lowest BCUT2D eigenvalue weighted by atomic mass is 9.84. The van der Waals surface area contributed by atoms with E-state index >= 15 is 8.78 Å². The summed E-state index contributed by atoms with van der Waals surface area (Å²) >= 11 is 15.0. The van der Waals surface area contributed by atoms with Crippen LogP contribution in [0.5, 0.6) is 0 Å². The van der Waals surface area contributed by atoms with Crippen LogP contribution >= 0.6 is 96.9 Å². The Kier molecular flexibility index (Phi) is 44.0. The molecule has 0 radical (unpaired) electrons. The topological polar surface area (TPSA) is 517 Å². The molecule has 2 amide bonds. The maximum Gasteiger partial charge on any atom is 0.338 e. The smallest absolute Gasteiger partial charge is 0.338 e. The molecule has 3 heterocycles. The van der Waals surface area contributed by atoms with Crippen LogP contribution in [0.15, 0.2) is 229 Å². The molecule has 3 aromatic heterocycles. The first-order valence-electron chi connectivity index (χ1n) is 44.3. The molecule has 0 spiro atoms. The SMILES string of the molecule is CN(C[C@@H](N)c1cc(F)cc(Br)c1)OOSc1ccccc1[N+](=O)[O-].CN(C[C@@H](NC(=O)c1ccc(-c2nc([C@H]3CC[C@H](O)[C@@H](F)C3)cnc2N)cc1F)c1cc(F)cc(Br)c1)OOSc1ccccc1[N+](=O)[O-].CNC[C@@H](NC(=O)c1ccc(-c2nc([C@H]3CC[C@H](O)[C@@H](F)C3)cnc2N)cc1F)c1cc(F)cc(Br)c1.Cl.Nc1ncc([C@H]2CC[C@H](O)[C@@H](F)C2)nc1-c1ccc(C(=O)O)c(F)c1.O=C(O)c1ccc(S)cc1. The summed E-state index contributed by atoms with van der Waals surface area (Å²) in [5.74, 6) is -8.47. The van der Waals surface area contributed by atoms with Gasteiger partial charge in [0.1, 0.15) is 97.7 Å². The lowest BCUT2D eigenvalue weighted by Crippen LogP contribution is -2.37. The number of aliphatic hydroxyl groups excluding tert-OH is 3. The largest absolute Gasteiger partial charge is 0.478 e. The Balaban J connectivity index is 0.000000200. The number of nitrogens with zero attached hydrogens (tertiary/aromatic N) is 10. The number of nitro benzene ring substituents is 2. The van der Waals surface area contributed by atoms with Gasteiger partial charge in [0.15, 0.2) is 0 Å². The van der Waals surface area contributed by atoms with Gasteiger partial charge in [0.05, 0.1) is 129 Å². The second kappa shape index (κ2) is 55.3. The molecule has 147 heavy (non-hydrogen) atoms. The number of thiol groups is 1. The molecule has 3 aliphatic carbocycles. The van der Waals surface area contributed by atoms with Gasteiger partial charge < -0.3 is 64.4 Å². The average Bonchev–Trinajstić information content (AvgIpc) is 0.798. The zero-order valence-electron chi connectivity index (χ0n) is 77.6. The minimum absolute atomic E-state index is 0. The number of carbonyl (C=O) groups excluding carboxylic acids is 2. The number of halogens is 13. The fraction of sp³-hybridized carbons (Fsp3) is 0.278. The summed E-state index contributed by atoms with van der Waals surface area (Å²) < 4.78 is 140. The molecule has 12 aromatic rings. The first kappa shape index (κ1) is 117. The quantitative estimate of drug-likeness (QED) is 0.00479. The van der Waals surface area contributed by atoms with Crippen LogP contribution in [0.3, 0.4) is 0 Å². The molecule has 0 saturated heterocycles. The van der Waals surface area contributed by atoms with E-state index in [2.05, 4.69) is 106 Å². The number of alkyl halides is 3. The lowest BCUT2D eigenvalue weighted by Gasteiger charge is -2.28. The van der Waals surface area contributed by atoms with Crippen molar-refractivity contribution in [2.24, 2.45) is 5.73 Å². The number of carboxylic acid groups (broad SMARTS) is 2. The van der Waals surface area contributed by atoms with Crippen LogP contribution in [0, 0.1) is 55.1 Å². The van der Waals surface area contributed by atoms with Crippen molar-refractivity contribution in [2.45, 2.75) is 145 Å². The highest BCUT2D eigenvalue weighted by molar-refractivity contribution is 9.11. The van der Waals surface area contributed by atoms with Crippen molar-refractivity contribution >= 4 is 149 Å². The van der Waals surface area contributed by atoms with Crippen LogP contribution in [-0.4, -0.2) is 177 Å². The summed E-state index contributed by atoms with van der Waals surface area (Å²) in [5, 5.41) is 79.3. The predicted molar refractivity (Wildman–Crippen MR) is 544 cm³/mol. The number of nitrogens with one attached hydrogen (secondary N) is 3. The molecular formula is C97H96Br3ClF9N17O17S3. The first-order chi connectivity index (χ1) is 69.5. The van der Waals surface area contributed by atoms with E-state index in [0.717, 1.165) is 46.3 Å². The number of nitro groups is 2. The third-order valence-electron chi connectivity index (χ3n) is 23.0. The second-order valence-electron chi connectivity index (χ2n) is 33.5. The summed E-state index contributed by atoms with van der Waals surface area (Å²) in [6.45, 7) is 0.376. The maximum atomic E-state index is 15.5. The van der Waals surface area contributed by atoms with Crippen molar-refractivity contribution in [3.63, 3.8) is 0 Å². The van der Waals surface area contributed by atoms with Gasteiger partial charge in [-0.15, -0.1) is 43.7 Å². The minimum Gasteiger partial charge on any atom is -0.478 e. The molecule has 780 valence electrons. The Hall–Kier alpha value is -12.0. The van der Waals surface area contributed by atoms with E-state index in [4.69, 9.17) is 51.8 Å². The van der Waals surface area contributed by atoms with Gasteiger partial charge in [-0.3, -0.25) is 29.8 Å². The zero-order chi connectivity index (χ0) is 106. The average molecular weight is 2310 g/mol. The number of nitrogen functional groups attached to an aromatic ring is 3. The molecule has 34 nitrogen and oxygen atoms in total. The second-order valence-corrected chi connectivity index (χ2v) is 38.2. The Morgan fingerprint density at radius 3 is 1.18 bits per heavy atom. The van der Waals surface area contributed by atoms with Crippen LogP contribution in [0.1, 0.15) is 169 Å². The number of anilines is 3. The molecular weight excluding hydrogens is 2220 g/mol. The third-order valence-corrected chi connectivity index (χ3v) is 26.0. The minimum atomic E-state index is -1.40. The van der Waals surface area contributed by atoms with E-state index in [0.29, 0.717) is 107 Å². The van der Waals surface area contributed by atoms with Crippen LogP contribution in [0.25, 0.3) is 33.8 Å². The number of rotatable bonds is 31. The fourth-order valence-corrected chi connectivity index (χ4v) is 18.2. The van der Waals surface area contributed by atoms with Crippen molar-refractivity contribution in [1.82, 2.24) is 56.0 Å². The van der Waals surface area contributed by atoms with E-state index in [-0.39, 0.29) is 149 Å². The number of aromatic nitrogens is 6. The standard InChI is InChI=1S/C32H30BrF3N6O6S.C26H27BrF3N5O2.C17H17F2N3O3.C15H15BrFN3O4S.C7H6O2S.ClH/c1-41(47-48-49-29-5-3-2-4-27(29)42(45)46)16-26(19-10-20(33)14-21(34)11-19)40-32(44)22-8-6-18(13-23(22)35)30-31(37)38-15-25(39-30)17-7-9-28(43)24(36)12-17;1-32-11-21(15-6-16(27)10-17(28)7-15)35-26(37)18-4-2-14(9-19(18)29)24-25(31)33-12-22(34-24)13-3-5-23(36)20(30)8-13;18-11-6-9(1-3-10(11)17(24)25)15-16(20)21-7-13(22-15)8-2-4-14(23)12(19)5-8;1-19(9-13(18)10-6-11(16)8-12(17)7-10)23-24-25-15-5-3-2-4-14(15)20(21)22;8-7(9)5-1-3-6(10)4-2-5;/h2-6,8,10-11,13-15,17,24,26,28,43H,7,9,12,16H2,1H3,(H2,37,38)(H,40,44);2,4,6-7,9-10,12-13,20-21,23,32,36H,3,5,8,11H2,1H3,(H2,31,33)(H,35,37);1,3,6-8,12,14,23H,2,4-5H2,(H2,20,21)(H,24,25);2-8,13H,9,18H2,1H3;1-4,10H,(H,8,9);1H/t17-,24-,26+,28-;13-,20-,21+,23-;8-,12-,14-;13-;;/m0001../s1. The Labute approximate surface area is 879 Å². The fourth-order valence-electron chi connectivity index (χ4n) is 15.5. The van der Waals surface area contributed by atoms with E-state index in [1.54, 1.807) is 68.7 Å². The molecule has 0 aliphatic heterocycles. The number of amides is 2. The van der Waals surface area contributed by atoms with Crippen molar-refractivity contribution < 1.29 is 113 Å². The molecule has 0 unspecified atom stereocenters. The van der Waals surface area contributed by atoms with Crippen LogP contribution in [0.2, 0.25) is 0 Å². The van der Waals surface area contributed by atoms with Gasteiger partial charge in [-0.25, -0.2) is 79.0 Å². The van der Waals surface area contributed by atoms with Crippen LogP contribution in [-0.2, 0) is 18.6 Å². The van der Waals surface area contributed by atoms with Gasteiger partial charge >= 0.3 is 11.9 Å². The van der Waals surface area contributed by atoms with Gasteiger partial charge in [0, 0.05) is 98.1 Å². The summed E-state index contributed by atoms with van der Waals surface area (Å²) in [4.78, 5) is 106. The summed E-state index contributed by atoms with van der Waals surface area (Å²) in [5.41, 5.74) is 27.3. The molecule has 3 saturated carbocycles. The van der Waals surface area contributed by atoms with Gasteiger partial charge in [0.25, 0.3) is 23.2 Å². The molecule has 16 N–H and O–H groups in total. The third kappa shape index (κ3) is 33.5. The number of hydrogen-bond donors (Lipinski definition) is 13. The number of nitrogens with two attached hydrogens (primary N) is 4. The van der Waals surface area contributed by atoms with Gasteiger partial charge in [0.2, 0.25) is 0 Å². The van der Waals surface area contributed by atoms with Crippen LogP contribution in [0.4, 0.5) is 68.3 Å². The summed E-state index contributed by atoms with van der Waals surface area (Å²) in [7, 11) is 4.71. The molecule has 12 atom stereocenters. The number of carbonyl (C=O) groups is 4. The number of carboxylic acids is 2. The highest BCUT2D eigenvalue weighted by atomic mass is 79.9. The van der Waals surface area contributed by atoms with E-state index in [1.807, 2.05) is 0 Å². The summed E-state index contributed by atoms with van der Waals surface area (Å²) in [6, 6.07) is 40.2. The molecule has 0 bridgehead atoms. The van der Waals surface area contributed by atoms with Gasteiger partial charge in [-0.1, -0.05) is 90.3 Å². The molecule has 3 aliphatic rings. The highest BCUT2D eigenvalue weighted by Crippen LogP contribution is 2.42. The van der Waals surface area contributed by atoms with Crippen molar-refractivity contribution in [3.05, 3.63) is 325 Å². The van der Waals surface area contributed by atoms with Crippen molar-refractivity contribution in [2.75, 3.05) is 58.0 Å². The van der Waals surface area contributed by atoms with Crippen molar-refractivity contribution in [3.8, 4) is 33.8 Å². The number of para-hydroxylation sites is 2. The monoisotopic (exact) mass is 2310 g/mol. The van der Waals surface area contributed by atoms with Crippen LogP contribution < -0.4 is 38.9 Å². The first-order valence-corrected chi connectivity index (χ1v) is 48.6. The number of likely N-dealkylation sites (N-methyl/N-ethyl adjacent to an activating group) is 3.